The molecule has 0 aliphatic heterocycles. The van der Waals surface area contributed by atoms with E-state index in [0.717, 1.165) is 22.2 Å². The molecule has 0 saturated carbocycles. The van der Waals surface area contributed by atoms with Crippen molar-refractivity contribution in [3.05, 3.63) is 60.6 Å². The van der Waals surface area contributed by atoms with Crippen molar-refractivity contribution in [2.24, 2.45) is 0 Å². The maximum atomic E-state index is 12.0. The van der Waals surface area contributed by atoms with Gasteiger partial charge in [0.05, 0.1) is 24.0 Å². The van der Waals surface area contributed by atoms with E-state index >= 15 is 0 Å². The Bertz CT molecular complexity index is 1060. The van der Waals surface area contributed by atoms with E-state index in [1.165, 1.54) is 6.20 Å². The minimum atomic E-state index is -0.422. The van der Waals surface area contributed by atoms with Gasteiger partial charge in [0, 0.05) is 23.3 Å². The van der Waals surface area contributed by atoms with Crippen molar-refractivity contribution in [3.63, 3.8) is 0 Å². The minimum Gasteiger partial charge on any atom is -0.462 e. The van der Waals surface area contributed by atoms with Gasteiger partial charge < -0.3 is 4.74 Å². The van der Waals surface area contributed by atoms with E-state index < -0.39 is 5.97 Å². The Labute approximate surface area is 137 Å². The fourth-order valence-electron chi connectivity index (χ4n) is 2.67. The van der Waals surface area contributed by atoms with Crippen LogP contribution in [0.2, 0.25) is 0 Å². The third-order valence-electron chi connectivity index (χ3n) is 3.78. The van der Waals surface area contributed by atoms with Gasteiger partial charge >= 0.3 is 5.97 Å². The van der Waals surface area contributed by atoms with E-state index in [2.05, 4.69) is 15.1 Å². The van der Waals surface area contributed by atoms with Crippen LogP contribution in [0.15, 0.2) is 55.0 Å². The summed E-state index contributed by atoms with van der Waals surface area (Å²) < 4.78 is 6.69. The van der Waals surface area contributed by atoms with Gasteiger partial charge in [0.1, 0.15) is 5.56 Å². The minimum absolute atomic E-state index is 0.310. The van der Waals surface area contributed by atoms with Crippen molar-refractivity contribution in [2.45, 2.75) is 6.92 Å². The number of carbonyl (C=O) groups excluding carboxylic acids is 1. The van der Waals surface area contributed by atoms with E-state index in [4.69, 9.17) is 4.74 Å². The van der Waals surface area contributed by atoms with Gasteiger partial charge in [-0.1, -0.05) is 18.2 Å². The number of benzene rings is 1. The third kappa shape index (κ3) is 2.28. The quantitative estimate of drug-likeness (QED) is 0.543. The summed E-state index contributed by atoms with van der Waals surface area (Å²) in [7, 11) is 0. The van der Waals surface area contributed by atoms with E-state index in [0.29, 0.717) is 17.8 Å². The Hall–Kier alpha value is -3.28. The van der Waals surface area contributed by atoms with Gasteiger partial charge in [0.15, 0.2) is 5.65 Å². The lowest BCUT2D eigenvalue weighted by Crippen LogP contribution is -2.05. The fraction of sp³-hybridized carbons (Fsp3) is 0.111. The molecule has 4 aromatic rings. The van der Waals surface area contributed by atoms with Crippen LogP contribution in [0.25, 0.3) is 27.8 Å². The fourth-order valence-corrected chi connectivity index (χ4v) is 2.67. The SMILES string of the molecule is CCOC(=O)c1cnn2c(-c3cnc4ccccc4c3)ccnc12. The van der Waals surface area contributed by atoms with Crippen LogP contribution in [0.1, 0.15) is 17.3 Å². The molecule has 1 aromatic carbocycles. The number of fused-ring (bicyclic) bond motifs is 2. The first-order chi connectivity index (χ1) is 11.8. The summed E-state index contributed by atoms with van der Waals surface area (Å²) in [5, 5.41) is 5.34. The van der Waals surface area contributed by atoms with E-state index in [-0.39, 0.29) is 0 Å². The molecule has 0 aliphatic rings. The average molecular weight is 318 g/mol. The van der Waals surface area contributed by atoms with Crippen molar-refractivity contribution in [1.29, 1.82) is 0 Å². The number of ether oxygens (including phenoxy) is 1. The predicted octanol–water partition coefficient (Wildman–Crippen LogP) is 3.12. The molecule has 0 spiro atoms. The molecule has 0 aliphatic carbocycles. The normalized spacial score (nSPS) is 11.0. The highest BCUT2D eigenvalue weighted by Crippen LogP contribution is 2.23. The second-order valence-electron chi connectivity index (χ2n) is 5.26. The van der Waals surface area contributed by atoms with Crippen molar-refractivity contribution in [3.8, 4) is 11.3 Å². The molecule has 6 heteroatoms. The Morgan fingerprint density at radius 3 is 2.92 bits per heavy atom. The number of esters is 1. The molecule has 118 valence electrons. The van der Waals surface area contributed by atoms with Gasteiger partial charge in [-0.2, -0.15) is 5.10 Å². The van der Waals surface area contributed by atoms with Crippen LogP contribution in [-0.2, 0) is 4.74 Å². The number of nitrogens with zero attached hydrogens (tertiary/aromatic N) is 4. The first kappa shape index (κ1) is 14.3. The van der Waals surface area contributed by atoms with Crippen molar-refractivity contribution in [2.75, 3.05) is 6.61 Å². The third-order valence-corrected chi connectivity index (χ3v) is 3.78. The molecule has 0 fully saturated rings. The predicted molar refractivity (Wildman–Crippen MR) is 89.7 cm³/mol. The lowest BCUT2D eigenvalue weighted by molar-refractivity contribution is 0.0528. The Morgan fingerprint density at radius 2 is 2.04 bits per heavy atom. The number of aromatic nitrogens is 4. The lowest BCUT2D eigenvalue weighted by atomic mass is 10.1. The largest absolute Gasteiger partial charge is 0.462 e. The van der Waals surface area contributed by atoms with Crippen molar-refractivity contribution >= 4 is 22.5 Å². The summed E-state index contributed by atoms with van der Waals surface area (Å²) in [6.45, 7) is 2.08. The second kappa shape index (κ2) is 5.73. The van der Waals surface area contributed by atoms with Gasteiger partial charge in [0.2, 0.25) is 0 Å². The highest BCUT2D eigenvalue weighted by atomic mass is 16.5. The summed E-state index contributed by atoms with van der Waals surface area (Å²) in [6, 6.07) is 11.8. The molecule has 0 bridgehead atoms. The monoisotopic (exact) mass is 318 g/mol. The summed E-state index contributed by atoms with van der Waals surface area (Å²) in [6.07, 6.45) is 4.94. The van der Waals surface area contributed by atoms with Crippen LogP contribution < -0.4 is 0 Å². The maximum absolute atomic E-state index is 12.0. The highest BCUT2D eigenvalue weighted by molar-refractivity contribution is 5.96. The number of hydrogen-bond donors (Lipinski definition) is 0. The summed E-state index contributed by atoms with van der Waals surface area (Å²) in [5.41, 5.74) is 3.47. The van der Waals surface area contributed by atoms with Crippen LogP contribution in [0, 0.1) is 0 Å². The van der Waals surface area contributed by atoms with Gasteiger partial charge in [-0.25, -0.2) is 14.3 Å². The molecule has 0 saturated heterocycles. The average Bonchev–Trinajstić information content (AvgIpc) is 3.06. The Balaban J connectivity index is 1.88. The molecular weight excluding hydrogens is 304 g/mol. The molecule has 0 radical (unpaired) electrons. The molecule has 3 heterocycles. The second-order valence-corrected chi connectivity index (χ2v) is 5.26. The number of para-hydroxylation sites is 1. The zero-order valence-electron chi connectivity index (χ0n) is 13.0. The van der Waals surface area contributed by atoms with Gasteiger partial charge in [0.25, 0.3) is 0 Å². The van der Waals surface area contributed by atoms with Crippen LogP contribution in [0.3, 0.4) is 0 Å². The number of rotatable bonds is 3. The highest BCUT2D eigenvalue weighted by Gasteiger charge is 2.17. The number of pyridine rings is 1. The number of carbonyl (C=O) groups is 1. The van der Waals surface area contributed by atoms with Gasteiger partial charge in [-0.3, -0.25) is 4.98 Å². The molecule has 6 nitrogen and oxygen atoms in total. The summed E-state index contributed by atoms with van der Waals surface area (Å²) >= 11 is 0. The first-order valence-electron chi connectivity index (χ1n) is 7.63. The Morgan fingerprint density at radius 1 is 1.17 bits per heavy atom. The summed E-state index contributed by atoms with van der Waals surface area (Å²) in [5.74, 6) is -0.422. The standard InChI is InChI=1S/C18H14N4O2/c1-2-24-18(23)14-11-21-22-16(7-8-19-17(14)22)13-9-12-5-3-4-6-15(12)20-10-13/h3-11H,2H2,1H3. The van der Waals surface area contributed by atoms with E-state index in [1.54, 1.807) is 23.8 Å². The molecule has 0 atom stereocenters. The Kier molecular flexibility index (Phi) is 3.42. The van der Waals surface area contributed by atoms with E-state index in [1.807, 2.05) is 36.4 Å². The van der Waals surface area contributed by atoms with Crippen LogP contribution in [0.5, 0.6) is 0 Å². The van der Waals surface area contributed by atoms with Crippen molar-refractivity contribution < 1.29 is 9.53 Å². The summed E-state index contributed by atoms with van der Waals surface area (Å²) in [4.78, 5) is 20.8. The molecule has 0 N–H and O–H groups in total. The first-order valence-corrected chi connectivity index (χ1v) is 7.63. The van der Waals surface area contributed by atoms with Gasteiger partial charge in [-0.05, 0) is 25.1 Å². The molecule has 0 unspecified atom stereocenters. The zero-order valence-corrected chi connectivity index (χ0v) is 13.0. The molecule has 0 amide bonds. The molecule has 4 rings (SSSR count). The van der Waals surface area contributed by atoms with Crippen LogP contribution in [-0.4, -0.2) is 32.2 Å². The van der Waals surface area contributed by atoms with Gasteiger partial charge in [-0.15, -0.1) is 0 Å². The molecule has 24 heavy (non-hydrogen) atoms. The topological polar surface area (TPSA) is 69.4 Å². The lowest BCUT2D eigenvalue weighted by Gasteiger charge is -2.06. The zero-order chi connectivity index (χ0) is 16.5. The number of hydrogen-bond acceptors (Lipinski definition) is 5. The molecular formula is C18H14N4O2. The van der Waals surface area contributed by atoms with Crippen molar-refractivity contribution in [1.82, 2.24) is 19.6 Å². The maximum Gasteiger partial charge on any atom is 0.343 e. The molecule has 3 aromatic heterocycles. The smallest absolute Gasteiger partial charge is 0.343 e. The van der Waals surface area contributed by atoms with E-state index in [9.17, 15) is 4.79 Å². The van der Waals surface area contributed by atoms with Crippen LogP contribution in [0.4, 0.5) is 0 Å². The van der Waals surface area contributed by atoms with Crippen LogP contribution >= 0.6 is 0 Å².